The first-order valence-electron chi connectivity index (χ1n) is 9.00. The van der Waals surface area contributed by atoms with Crippen LogP contribution in [0, 0.1) is 5.82 Å². The molecule has 1 fully saturated rings. The van der Waals surface area contributed by atoms with Crippen molar-refractivity contribution in [1.82, 2.24) is 25.1 Å². The van der Waals surface area contributed by atoms with Crippen molar-refractivity contribution in [2.45, 2.75) is 25.8 Å². The molecule has 0 aliphatic carbocycles. The van der Waals surface area contributed by atoms with Crippen molar-refractivity contribution in [2.24, 2.45) is 0 Å². The van der Waals surface area contributed by atoms with Gasteiger partial charge in [0.2, 0.25) is 11.9 Å². The number of aromatic amines is 1. The summed E-state index contributed by atoms with van der Waals surface area (Å²) < 4.78 is 13.4. The Kier molecular flexibility index (Phi) is 5.21. The maximum Gasteiger partial charge on any atom is 0.233 e. The van der Waals surface area contributed by atoms with E-state index in [1.165, 1.54) is 18.5 Å². The monoisotopic (exact) mass is 399 g/mol. The van der Waals surface area contributed by atoms with Crippen LogP contribution in [0.4, 0.5) is 22.1 Å². The van der Waals surface area contributed by atoms with Crippen molar-refractivity contribution in [3.05, 3.63) is 58.8 Å². The summed E-state index contributed by atoms with van der Waals surface area (Å²) in [6.07, 6.45) is 7.17. The van der Waals surface area contributed by atoms with Crippen LogP contribution in [0.1, 0.15) is 37.1 Å². The Morgan fingerprint density at radius 3 is 3.04 bits per heavy atom. The lowest BCUT2D eigenvalue weighted by molar-refractivity contribution is 0.624. The molecule has 1 aliphatic heterocycles. The summed E-state index contributed by atoms with van der Waals surface area (Å²) >= 11 is 6.28. The Morgan fingerprint density at radius 1 is 1.32 bits per heavy atom. The van der Waals surface area contributed by atoms with Crippen LogP contribution in [0.25, 0.3) is 6.08 Å². The van der Waals surface area contributed by atoms with Gasteiger partial charge in [-0.15, -0.1) is 0 Å². The summed E-state index contributed by atoms with van der Waals surface area (Å²) in [5.41, 5.74) is 1.75. The smallest absolute Gasteiger partial charge is 0.233 e. The number of hydrogen-bond acceptors (Lipinski definition) is 6. The van der Waals surface area contributed by atoms with Gasteiger partial charge in [0.05, 0.1) is 11.7 Å². The number of H-pyrrole nitrogens is 1. The highest BCUT2D eigenvalue weighted by Gasteiger charge is 2.30. The normalized spacial score (nSPS) is 16.8. The van der Waals surface area contributed by atoms with Crippen LogP contribution < -0.4 is 10.2 Å². The number of aromatic nitrogens is 5. The van der Waals surface area contributed by atoms with E-state index >= 15 is 0 Å². The molecule has 3 aromatic rings. The molecule has 0 spiro atoms. The number of allylic oxidation sites excluding steroid dienone is 1. The minimum Gasteiger partial charge on any atom is -0.334 e. The van der Waals surface area contributed by atoms with Crippen molar-refractivity contribution in [3.63, 3.8) is 0 Å². The third-order valence-corrected chi connectivity index (χ3v) is 4.90. The van der Waals surface area contributed by atoms with Gasteiger partial charge in [0.15, 0.2) is 5.82 Å². The predicted octanol–water partition coefficient (Wildman–Crippen LogP) is 4.51. The van der Waals surface area contributed by atoms with Crippen molar-refractivity contribution < 1.29 is 4.39 Å². The molecule has 144 valence electrons. The average molecular weight is 400 g/mol. The van der Waals surface area contributed by atoms with Crippen LogP contribution in [-0.4, -0.2) is 31.7 Å². The van der Waals surface area contributed by atoms with E-state index in [0.29, 0.717) is 22.7 Å². The minimum absolute atomic E-state index is 0.00460. The number of benzene rings is 1. The van der Waals surface area contributed by atoms with E-state index in [1.54, 1.807) is 6.07 Å². The van der Waals surface area contributed by atoms with E-state index < -0.39 is 0 Å². The van der Waals surface area contributed by atoms with Crippen molar-refractivity contribution >= 4 is 35.4 Å². The molecule has 0 radical (unpaired) electrons. The van der Waals surface area contributed by atoms with Gasteiger partial charge in [0, 0.05) is 17.6 Å². The molecule has 9 heteroatoms. The Morgan fingerprint density at radius 2 is 2.21 bits per heavy atom. The number of nitrogens with one attached hydrogen (secondary N) is 2. The quantitative estimate of drug-likeness (QED) is 0.657. The van der Waals surface area contributed by atoms with E-state index in [-0.39, 0.29) is 11.9 Å². The summed E-state index contributed by atoms with van der Waals surface area (Å²) in [6, 6.07) is 6.36. The molecule has 2 N–H and O–H groups in total. The van der Waals surface area contributed by atoms with Gasteiger partial charge >= 0.3 is 0 Å². The molecule has 0 amide bonds. The predicted molar refractivity (Wildman–Crippen MR) is 107 cm³/mol. The fourth-order valence-corrected chi connectivity index (χ4v) is 3.66. The molecule has 1 aliphatic rings. The lowest BCUT2D eigenvalue weighted by atomic mass is 10.0. The molecule has 28 heavy (non-hydrogen) atoms. The largest absolute Gasteiger partial charge is 0.334 e. The SMILES string of the molecule is C/C=C/c1cc(Nc2ncnc(N3CCCC3c3ccc(F)cc3Cl)n2)n[nH]1. The minimum atomic E-state index is -0.346. The molecule has 0 bridgehead atoms. The molecule has 1 aromatic carbocycles. The summed E-state index contributed by atoms with van der Waals surface area (Å²) in [4.78, 5) is 15.1. The zero-order chi connectivity index (χ0) is 19.5. The molecule has 3 heterocycles. The Labute approximate surface area is 166 Å². The van der Waals surface area contributed by atoms with E-state index in [9.17, 15) is 4.39 Å². The second kappa shape index (κ2) is 7.93. The lowest BCUT2D eigenvalue weighted by Gasteiger charge is -2.25. The molecular weight excluding hydrogens is 381 g/mol. The third-order valence-electron chi connectivity index (χ3n) is 4.57. The van der Waals surface area contributed by atoms with Gasteiger partial charge in [0.25, 0.3) is 0 Å². The summed E-state index contributed by atoms with van der Waals surface area (Å²) in [5, 5.41) is 10.6. The summed E-state index contributed by atoms with van der Waals surface area (Å²) in [5.74, 6) is 1.22. The van der Waals surface area contributed by atoms with Crippen molar-refractivity contribution in [1.29, 1.82) is 0 Å². The summed E-state index contributed by atoms with van der Waals surface area (Å²) in [7, 11) is 0. The number of halogens is 2. The van der Waals surface area contributed by atoms with Gasteiger partial charge in [-0.05, 0) is 43.5 Å². The molecule has 4 rings (SSSR count). The van der Waals surface area contributed by atoms with Crippen molar-refractivity contribution in [3.8, 4) is 0 Å². The second-order valence-electron chi connectivity index (χ2n) is 6.46. The molecule has 2 aromatic heterocycles. The lowest BCUT2D eigenvalue weighted by Crippen LogP contribution is -2.25. The van der Waals surface area contributed by atoms with Crippen LogP contribution in [0.5, 0.6) is 0 Å². The number of rotatable bonds is 5. The Bertz CT molecular complexity index is 1000. The van der Waals surface area contributed by atoms with Crippen LogP contribution in [-0.2, 0) is 0 Å². The van der Waals surface area contributed by atoms with Gasteiger partial charge < -0.3 is 10.2 Å². The zero-order valence-electron chi connectivity index (χ0n) is 15.2. The fourth-order valence-electron chi connectivity index (χ4n) is 3.37. The molecule has 7 nitrogen and oxygen atoms in total. The zero-order valence-corrected chi connectivity index (χ0v) is 16.0. The Hall–Kier alpha value is -3.00. The number of anilines is 3. The average Bonchev–Trinajstić information content (AvgIpc) is 3.32. The standard InChI is InChI=1S/C19H19ClFN7/c1-2-4-13-10-17(27-26-13)24-18-22-11-23-19(25-18)28-8-3-5-16(28)14-7-6-12(21)9-15(14)20/h2,4,6-7,9-11,16H,3,5,8H2,1H3,(H2,22,23,24,25,26,27)/b4-2+. The van der Waals surface area contributed by atoms with Gasteiger partial charge in [-0.2, -0.15) is 10.1 Å². The number of nitrogens with zero attached hydrogens (tertiary/aromatic N) is 5. The van der Waals surface area contributed by atoms with Gasteiger partial charge in [-0.3, -0.25) is 5.10 Å². The Balaban J connectivity index is 1.57. The first-order chi connectivity index (χ1) is 13.6. The molecule has 1 atom stereocenters. The first kappa shape index (κ1) is 18.4. The van der Waals surface area contributed by atoms with Gasteiger partial charge in [0.1, 0.15) is 12.1 Å². The van der Waals surface area contributed by atoms with Gasteiger partial charge in [-0.1, -0.05) is 23.7 Å². The highest BCUT2D eigenvalue weighted by molar-refractivity contribution is 6.31. The fraction of sp³-hybridized carbons (Fsp3) is 0.263. The van der Waals surface area contributed by atoms with Crippen LogP contribution in [0.2, 0.25) is 5.02 Å². The van der Waals surface area contributed by atoms with E-state index in [4.69, 9.17) is 11.6 Å². The van der Waals surface area contributed by atoms with E-state index in [1.807, 2.05) is 25.1 Å². The first-order valence-corrected chi connectivity index (χ1v) is 9.37. The topological polar surface area (TPSA) is 82.6 Å². The highest BCUT2D eigenvalue weighted by Crippen LogP contribution is 2.37. The molecule has 0 saturated carbocycles. The van der Waals surface area contributed by atoms with Crippen LogP contribution in [0.3, 0.4) is 0 Å². The van der Waals surface area contributed by atoms with E-state index in [2.05, 4.69) is 35.4 Å². The molecule has 1 saturated heterocycles. The van der Waals surface area contributed by atoms with Crippen LogP contribution in [0.15, 0.2) is 36.7 Å². The molecule has 1 unspecified atom stereocenters. The molecular formula is C19H19ClFN7. The highest BCUT2D eigenvalue weighted by atomic mass is 35.5. The maximum atomic E-state index is 13.4. The van der Waals surface area contributed by atoms with Crippen molar-refractivity contribution in [2.75, 3.05) is 16.8 Å². The maximum absolute atomic E-state index is 13.4. The van der Waals surface area contributed by atoms with E-state index in [0.717, 1.165) is 30.6 Å². The second-order valence-corrected chi connectivity index (χ2v) is 6.87. The number of hydrogen-bond donors (Lipinski definition) is 2. The summed E-state index contributed by atoms with van der Waals surface area (Å²) in [6.45, 7) is 2.72. The van der Waals surface area contributed by atoms with Gasteiger partial charge in [-0.25, -0.2) is 14.4 Å². The third kappa shape index (κ3) is 3.82. The van der Waals surface area contributed by atoms with Crippen LogP contribution >= 0.6 is 11.6 Å².